The zero-order chi connectivity index (χ0) is 14.3. The smallest absolute Gasteiger partial charge is 0.310 e. The summed E-state index contributed by atoms with van der Waals surface area (Å²) in [6.07, 6.45) is 1.82. The third-order valence-corrected chi connectivity index (χ3v) is 3.60. The zero-order valence-corrected chi connectivity index (χ0v) is 12.4. The van der Waals surface area contributed by atoms with Gasteiger partial charge in [-0.3, -0.25) is 14.5 Å². The lowest BCUT2D eigenvalue weighted by atomic mass is 9.98. The van der Waals surface area contributed by atoms with Gasteiger partial charge in [-0.2, -0.15) is 0 Å². The molecule has 1 amide bonds. The van der Waals surface area contributed by atoms with E-state index in [1.165, 1.54) is 0 Å². The molecule has 0 aliphatic carbocycles. The molecule has 1 atom stereocenters. The molecule has 0 N–H and O–H groups in total. The highest BCUT2D eigenvalue weighted by Crippen LogP contribution is 2.17. The standard InChI is InChI=1S/C14H26N2O3/c1-4-16(5-2)13(17)11-15-9-7-8-12(10-15)14(18)19-6-3/h12H,4-11H2,1-3H3/t12-/m1/s1. The largest absolute Gasteiger partial charge is 0.466 e. The maximum absolute atomic E-state index is 12.0. The highest BCUT2D eigenvalue weighted by molar-refractivity contribution is 5.78. The molecule has 0 saturated carbocycles. The first kappa shape index (κ1) is 16.0. The number of rotatable bonds is 6. The minimum atomic E-state index is -0.123. The Bertz CT molecular complexity index is 303. The molecule has 0 radical (unpaired) electrons. The van der Waals surface area contributed by atoms with Crippen LogP contribution in [0.15, 0.2) is 0 Å². The van der Waals surface area contributed by atoms with Gasteiger partial charge in [0.25, 0.3) is 0 Å². The van der Waals surface area contributed by atoms with Crippen LogP contribution in [0.2, 0.25) is 0 Å². The van der Waals surface area contributed by atoms with Gasteiger partial charge in [0.05, 0.1) is 19.1 Å². The van der Waals surface area contributed by atoms with Crippen LogP contribution in [0.5, 0.6) is 0 Å². The fourth-order valence-corrected chi connectivity index (χ4v) is 2.52. The lowest BCUT2D eigenvalue weighted by Gasteiger charge is -2.32. The molecule has 0 spiro atoms. The highest BCUT2D eigenvalue weighted by atomic mass is 16.5. The number of ether oxygens (including phenoxy) is 1. The van der Waals surface area contributed by atoms with Gasteiger partial charge in [0.15, 0.2) is 0 Å². The monoisotopic (exact) mass is 270 g/mol. The molecule has 0 aromatic heterocycles. The Hall–Kier alpha value is -1.10. The predicted molar refractivity (Wildman–Crippen MR) is 73.7 cm³/mol. The van der Waals surface area contributed by atoms with E-state index in [0.717, 1.165) is 32.5 Å². The number of amides is 1. The van der Waals surface area contributed by atoms with Gasteiger partial charge in [-0.05, 0) is 40.2 Å². The van der Waals surface area contributed by atoms with Crippen LogP contribution in [-0.4, -0.2) is 61.0 Å². The minimum absolute atomic E-state index is 0.0711. The molecule has 5 nitrogen and oxygen atoms in total. The molecule has 1 rings (SSSR count). The van der Waals surface area contributed by atoms with Crippen LogP contribution in [0, 0.1) is 5.92 Å². The van der Waals surface area contributed by atoms with Crippen molar-refractivity contribution < 1.29 is 14.3 Å². The summed E-state index contributed by atoms with van der Waals surface area (Å²) in [5.41, 5.74) is 0. The quantitative estimate of drug-likeness (QED) is 0.679. The highest BCUT2D eigenvalue weighted by Gasteiger charge is 2.28. The van der Waals surface area contributed by atoms with Crippen molar-refractivity contribution in [3.63, 3.8) is 0 Å². The fraction of sp³-hybridized carbons (Fsp3) is 0.857. The zero-order valence-electron chi connectivity index (χ0n) is 12.4. The van der Waals surface area contributed by atoms with Crippen LogP contribution in [0.1, 0.15) is 33.6 Å². The van der Waals surface area contributed by atoms with Gasteiger partial charge < -0.3 is 9.64 Å². The molecular weight excluding hydrogens is 244 g/mol. The second-order valence-corrected chi connectivity index (χ2v) is 4.89. The number of hydrogen-bond donors (Lipinski definition) is 0. The van der Waals surface area contributed by atoms with E-state index in [4.69, 9.17) is 4.74 Å². The summed E-state index contributed by atoms with van der Waals surface area (Å²) < 4.78 is 5.06. The van der Waals surface area contributed by atoms with E-state index in [1.807, 2.05) is 25.7 Å². The van der Waals surface area contributed by atoms with Gasteiger partial charge in [0, 0.05) is 19.6 Å². The van der Waals surface area contributed by atoms with Crippen molar-refractivity contribution in [1.29, 1.82) is 0 Å². The Morgan fingerprint density at radius 3 is 2.53 bits per heavy atom. The third kappa shape index (κ3) is 4.82. The Kier molecular flexibility index (Phi) is 6.84. The minimum Gasteiger partial charge on any atom is -0.466 e. The number of likely N-dealkylation sites (N-methyl/N-ethyl adjacent to an activating group) is 1. The van der Waals surface area contributed by atoms with Gasteiger partial charge in [-0.15, -0.1) is 0 Å². The van der Waals surface area contributed by atoms with Crippen molar-refractivity contribution in [2.45, 2.75) is 33.6 Å². The van der Waals surface area contributed by atoms with E-state index in [0.29, 0.717) is 19.7 Å². The predicted octanol–water partition coefficient (Wildman–Crippen LogP) is 1.13. The summed E-state index contributed by atoms with van der Waals surface area (Å²) in [6.45, 7) is 9.65. The van der Waals surface area contributed by atoms with E-state index in [9.17, 15) is 9.59 Å². The maximum Gasteiger partial charge on any atom is 0.310 e. The normalized spacial score (nSPS) is 20.1. The van der Waals surface area contributed by atoms with Crippen LogP contribution in [0.4, 0.5) is 0 Å². The Morgan fingerprint density at radius 1 is 1.26 bits per heavy atom. The van der Waals surface area contributed by atoms with Crippen LogP contribution in [0.3, 0.4) is 0 Å². The summed E-state index contributed by atoms with van der Waals surface area (Å²) in [5, 5.41) is 0. The number of piperidine rings is 1. The van der Waals surface area contributed by atoms with Crippen molar-refractivity contribution >= 4 is 11.9 Å². The second kappa shape index (κ2) is 8.15. The third-order valence-electron chi connectivity index (χ3n) is 3.60. The molecular formula is C14H26N2O3. The van der Waals surface area contributed by atoms with Crippen molar-refractivity contribution in [2.75, 3.05) is 39.3 Å². The van der Waals surface area contributed by atoms with Gasteiger partial charge in [0.2, 0.25) is 5.91 Å². The molecule has 1 saturated heterocycles. The molecule has 0 aromatic carbocycles. The average Bonchev–Trinajstić information content (AvgIpc) is 2.40. The summed E-state index contributed by atoms with van der Waals surface area (Å²) in [6, 6.07) is 0. The Morgan fingerprint density at radius 2 is 1.95 bits per heavy atom. The Labute approximate surface area is 115 Å². The molecule has 1 fully saturated rings. The number of nitrogens with zero attached hydrogens (tertiary/aromatic N) is 2. The van der Waals surface area contributed by atoms with Gasteiger partial charge in [-0.25, -0.2) is 0 Å². The number of likely N-dealkylation sites (tertiary alicyclic amines) is 1. The van der Waals surface area contributed by atoms with E-state index in [1.54, 1.807) is 0 Å². The van der Waals surface area contributed by atoms with Crippen LogP contribution < -0.4 is 0 Å². The molecule has 1 aliphatic rings. The number of carbonyl (C=O) groups excluding carboxylic acids is 2. The summed E-state index contributed by atoms with van der Waals surface area (Å²) in [4.78, 5) is 27.7. The van der Waals surface area contributed by atoms with Gasteiger partial charge in [-0.1, -0.05) is 0 Å². The lowest BCUT2D eigenvalue weighted by Crippen LogP contribution is -2.45. The van der Waals surface area contributed by atoms with Crippen LogP contribution >= 0.6 is 0 Å². The number of hydrogen-bond acceptors (Lipinski definition) is 4. The van der Waals surface area contributed by atoms with Crippen molar-refractivity contribution in [3.05, 3.63) is 0 Å². The van der Waals surface area contributed by atoms with E-state index in [-0.39, 0.29) is 17.8 Å². The molecule has 1 heterocycles. The number of esters is 1. The van der Waals surface area contributed by atoms with Crippen molar-refractivity contribution in [1.82, 2.24) is 9.80 Å². The lowest BCUT2D eigenvalue weighted by molar-refractivity contribution is -0.150. The molecule has 0 aromatic rings. The molecule has 0 bridgehead atoms. The van der Waals surface area contributed by atoms with Crippen molar-refractivity contribution in [3.8, 4) is 0 Å². The maximum atomic E-state index is 12.0. The van der Waals surface area contributed by atoms with Crippen molar-refractivity contribution in [2.24, 2.45) is 5.92 Å². The summed E-state index contributed by atoms with van der Waals surface area (Å²) in [7, 11) is 0. The first-order chi connectivity index (χ1) is 9.12. The first-order valence-electron chi connectivity index (χ1n) is 7.29. The molecule has 0 unspecified atom stereocenters. The van der Waals surface area contributed by atoms with E-state index < -0.39 is 0 Å². The number of carbonyl (C=O) groups is 2. The molecule has 5 heteroatoms. The van der Waals surface area contributed by atoms with E-state index >= 15 is 0 Å². The average molecular weight is 270 g/mol. The SMILES string of the molecule is CCOC(=O)[C@@H]1CCCN(CC(=O)N(CC)CC)C1. The van der Waals surface area contributed by atoms with Crippen LogP contribution in [0.25, 0.3) is 0 Å². The Balaban J connectivity index is 2.46. The second-order valence-electron chi connectivity index (χ2n) is 4.89. The summed E-state index contributed by atoms with van der Waals surface area (Å²) >= 11 is 0. The fourth-order valence-electron chi connectivity index (χ4n) is 2.52. The molecule has 110 valence electrons. The van der Waals surface area contributed by atoms with E-state index in [2.05, 4.69) is 4.90 Å². The van der Waals surface area contributed by atoms with Crippen LogP contribution in [-0.2, 0) is 14.3 Å². The van der Waals surface area contributed by atoms with Gasteiger partial charge >= 0.3 is 5.97 Å². The topological polar surface area (TPSA) is 49.9 Å². The van der Waals surface area contributed by atoms with Gasteiger partial charge in [0.1, 0.15) is 0 Å². The summed E-state index contributed by atoms with van der Waals surface area (Å²) in [5.74, 6) is -0.0461. The molecule has 19 heavy (non-hydrogen) atoms. The first-order valence-corrected chi connectivity index (χ1v) is 7.29. The molecule has 1 aliphatic heterocycles.